The molecule has 320 valence electrons. The molecule has 6 nitrogen and oxygen atoms in total. The number of rotatable bonds is 44. The summed E-state index contributed by atoms with van der Waals surface area (Å²) >= 11 is 0. The van der Waals surface area contributed by atoms with E-state index in [9.17, 15) is 4.79 Å². The number of amides is 1. The molecule has 0 aromatic rings. The first-order chi connectivity index (χ1) is 26.1. The van der Waals surface area contributed by atoms with E-state index in [0.29, 0.717) is 12.3 Å². The van der Waals surface area contributed by atoms with Gasteiger partial charge in [0.1, 0.15) is 6.10 Å². The van der Waals surface area contributed by atoms with Crippen LogP contribution in [0, 0.1) is 43.1 Å². The quantitative estimate of drug-likeness (QED) is 0.0276. The molecule has 0 spiro atoms. The molecule has 7 heteroatoms. The summed E-state index contributed by atoms with van der Waals surface area (Å²) in [6.45, 7) is 13.1. The molecule has 0 bridgehead atoms. The van der Waals surface area contributed by atoms with Crippen LogP contribution in [0.4, 0.5) is 0 Å². The summed E-state index contributed by atoms with van der Waals surface area (Å²) in [4.78, 5) is 14.4. The Bertz CT molecular complexity index is 740. The van der Waals surface area contributed by atoms with Gasteiger partial charge in [-0.25, -0.2) is 6.61 Å². The molecule has 2 N–H and O–H groups in total. The fourth-order valence-corrected chi connectivity index (χ4v) is 7.30. The van der Waals surface area contributed by atoms with E-state index in [1.165, 1.54) is 180 Å². The maximum atomic E-state index is 11.8. The third-order valence-corrected chi connectivity index (χ3v) is 10.9. The van der Waals surface area contributed by atoms with Crippen LogP contribution in [0.15, 0.2) is 0 Å². The first-order valence-electron chi connectivity index (χ1n) is 23.7. The van der Waals surface area contributed by atoms with Gasteiger partial charge in [-0.2, -0.15) is 6.42 Å². The standard InChI is InChI=1S/C47H94N3O3.U/c1-5-8-11-14-18-26-33-43-52-44-34-27-19-17-24-31-40-50(42-35-39-47(51)49-4)41-32-25-20-23-30-38-46(48)53-45(36-28-21-15-12-9-6-2)37-29-22-16-13-10-7-3;/h44-45,48H,5-43H2,1-4H3,(H,49,51);/q-1;. The first kappa shape index (κ1) is 56.0. The van der Waals surface area contributed by atoms with Gasteiger partial charge in [0, 0.05) is 57.6 Å². The predicted molar refractivity (Wildman–Crippen MR) is 232 cm³/mol. The topological polar surface area (TPSA) is 74.6 Å². The largest absolute Gasteiger partial charge is 0.552 e. The van der Waals surface area contributed by atoms with E-state index in [-0.39, 0.29) is 43.1 Å². The summed E-state index contributed by atoms with van der Waals surface area (Å²) in [5.74, 6) is 0.679. The Hall–Kier alpha value is -0.0881. The number of nitrogens with zero attached hydrogens (tertiary/aromatic N) is 1. The molecule has 0 unspecified atom stereocenters. The molecule has 0 aromatic heterocycles. The van der Waals surface area contributed by atoms with Gasteiger partial charge >= 0.3 is 0 Å². The molecular weight excluding hydrogens is 893 g/mol. The van der Waals surface area contributed by atoms with Crippen molar-refractivity contribution in [2.45, 2.75) is 252 Å². The zero-order chi connectivity index (χ0) is 38.7. The van der Waals surface area contributed by atoms with Crippen molar-refractivity contribution in [3.8, 4) is 0 Å². The normalized spacial score (nSPS) is 11.4. The fourth-order valence-electron chi connectivity index (χ4n) is 7.30. The van der Waals surface area contributed by atoms with Crippen molar-refractivity contribution >= 4 is 11.8 Å². The van der Waals surface area contributed by atoms with E-state index in [4.69, 9.17) is 14.9 Å². The van der Waals surface area contributed by atoms with Crippen LogP contribution >= 0.6 is 0 Å². The molecule has 54 heavy (non-hydrogen) atoms. The second-order valence-electron chi connectivity index (χ2n) is 16.1. The minimum Gasteiger partial charge on any atom is -0.552 e. The number of hydrogen-bond acceptors (Lipinski definition) is 5. The Morgan fingerprint density at radius 2 is 0.981 bits per heavy atom. The Kier molecular flexibility index (Phi) is 49.0. The maximum Gasteiger partial charge on any atom is 0.219 e. The SMILES string of the molecule is CCCCCCCCCO[CH-]CCCCCCCN(CCCCCCCC(=N)OC(CCCCCCCC)CCCCCCCC)CCCC(=O)NC.[U]. The average molecular weight is 987 g/mol. The minimum absolute atomic E-state index is 0. The summed E-state index contributed by atoms with van der Waals surface area (Å²) in [6.07, 6.45) is 43.4. The van der Waals surface area contributed by atoms with Crippen LogP contribution in [-0.4, -0.2) is 56.1 Å². The molecule has 0 aliphatic heterocycles. The predicted octanol–water partition coefficient (Wildman–Crippen LogP) is 14.3. The number of ether oxygens (including phenoxy) is 2. The molecule has 0 fully saturated rings. The monoisotopic (exact) mass is 987 g/mol. The fraction of sp³-hybridized carbons (Fsp3) is 0.936. The van der Waals surface area contributed by atoms with Gasteiger partial charge in [0.05, 0.1) is 0 Å². The molecule has 0 aliphatic carbocycles. The molecule has 0 heterocycles. The van der Waals surface area contributed by atoms with Gasteiger partial charge in [-0.15, -0.1) is 0 Å². The zero-order valence-corrected chi connectivity index (χ0v) is 41.1. The van der Waals surface area contributed by atoms with Crippen molar-refractivity contribution in [1.29, 1.82) is 5.41 Å². The van der Waals surface area contributed by atoms with Crippen LogP contribution < -0.4 is 5.32 Å². The van der Waals surface area contributed by atoms with Gasteiger partial charge in [-0.3, -0.25) is 10.2 Å². The van der Waals surface area contributed by atoms with Gasteiger partial charge in [0.2, 0.25) is 5.91 Å². The minimum atomic E-state index is 0. The van der Waals surface area contributed by atoms with Gasteiger partial charge in [0.25, 0.3) is 0 Å². The molecule has 0 rings (SSSR count). The van der Waals surface area contributed by atoms with Crippen molar-refractivity contribution in [2.24, 2.45) is 0 Å². The molecule has 1 amide bonds. The molecule has 0 saturated heterocycles. The van der Waals surface area contributed by atoms with E-state index in [2.05, 4.69) is 37.6 Å². The van der Waals surface area contributed by atoms with Gasteiger partial charge in [-0.1, -0.05) is 168 Å². The Morgan fingerprint density at radius 1 is 0.556 bits per heavy atom. The third-order valence-electron chi connectivity index (χ3n) is 10.9. The summed E-state index contributed by atoms with van der Waals surface area (Å²) in [5, 5.41) is 11.3. The zero-order valence-electron chi connectivity index (χ0n) is 36.9. The van der Waals surface area contributed by atoms with Crippen molar-refractivity contribution in [1.82, 2.24) is 10.2 Å². The van der Waals surface area contributed by atoms with E-state index in [0.717, 1.165) is 64.8 Å². The van der Waals surface area contributed by atoms with Crippen molar-refractivity contribution < 1.29 is 45.4 Å². The van der Waals surface area contributed by atoms with Crippen LogP contribution in [0.25, 0.3) is 0 Å². The van der Waals surface area contributed by atoms with E-state index in [1.54, 1.807) is 7.05 Å². The number of nitrogens with one attached hydrogen (secondary N) is 2. The number of hydrogen-bond donors (Lipinski definition) is 2. The molecular formula is C47H94N3O3U-. The van der Waals surface area contributed by atoms with Crippen LogP contribution in [0.1, 0.15) is 245 Å². The molecule has 0 aromatic carbocycles. The molecule has 0 atom stereocenters. The van der Waals surface area contributed by atoms with Crippen molar-refractivity contribution in [3.05, 3.63) is 6.61 Å². The van der Waals surface area contributed by atoms with Crippen molar-refractivity contribution in [3.63, 3.8) is 0 Å². The maximum absolute atomic E-state index is 11.8. The Morgan fingerprint density at radius 3 is 1.50 bits per heavy atom. The second kappa shape index (κ2) is 47.3. The van der Waals surface area contributed by atoms with Crippen molar-refractivity contribution in [2.75, 3.05) is 33.3 Å². The average Bonchev–Trinajstić information content (AvgIpc) is 3.16. The first-order valence-corrected chi connectivity index (χ1v) is 23.7. The van der Waals surface area contributed by atoms with Gasteiger partial charge < -0.3 is 19.7 Å². The summed E-state index contributed by atoms with van der Waals surface area (Å²) in [6, 6.07) is 0. The summed E-state index contributed by atoms with van der Waals surface area (Å²) in [5.41, 5.74) is 0. The number of carbonyl (C=O) groups excluding carboxylic acids is 1. The summed E-state index contributed by atoms with van der Waals surface area (Å²) < 4.78 is 12.0. The van der Waals surface area contributed by atoms with Gasteiger partial charge in [0.15, 0.2) is 5.90 Å². The molecule has 0 saturated carbocycles. The smallest absolute Gasteiger partial charge is 0.219 e. The van der Waals surface area contributed by atoms with Crippen LogP contribution in [0.2, 0.25) is 0 Å². The van der Waals surface area contributed by atoms with E-state index < -0.39 is 0 Å². The van der Waals surface area contributed by atoms with Crippen LogP contribution in [-0.2, 0) is 14.3 Å². The number of unbranched alkanes of at least 4 members (excludes halogenated alkanes) is 25. The summed E-state index contributed by atoms with van der Waals surface area (Å²) in [7, 11) is 1.74. The van der Waals surface area contributed by atoms with Gasteiger partial charge in [-0.05, 0) is 77.4 Å². The van der Waals surface area contributed by atoms with Crippen LogP contribution in [0.3, 0.4) is 0 Å². The molecule has 0 aliphatic rings. The number of carbonyl (C=O) groups is 1. The van der Waals surface area contributed by atoms with Crippen LogP contribution in [0.5, 0.6) is 0 Å². The second-order valence-corrected chi connectivity index (χ2v) is 16.1. The Labute approximate surface area is 362 Å². The third kappa shape index (κ3) is 43.0. The molecule has 0 radical (unpaired) electrons. The Balaban J connectivity index is 0. The van der Waals surface area contributed by atoms with E-state index in [1.807, 2.05) is 0 Å². The van der Waals surface area contributed by atoms with E-state index >= 15 is 0 Å².